The Labute approximate surface area is 90.2 Å². The molecule has 1 N–H and O–H groups in total. The third-order valence-electron chi connectivity index (χ3n) is 2.00. The maximum atomic E-state index is 9.72. The van der Waals surface area contributed by atoms with E-state index >= 15 is 0 Å². The van der Waals surface area contributed by atoms with Gasteiger partial charge in [-0.1, -0.05) is 30.2 Å². The van der Waals surface area contributed by atoms with Gasteiger partial charge in [-0.05, 0) is 17.7 Å². The quantitative estimate of drug-likeness (QED) is 0.597. The van der Waals surface area contributed by atoms with Crippen LogP contribution in [0.25, 0.3) is 0 Å². The molecule has 0 heterocycles. The van der Waals surface area contributed by atoms with E-state index in [2.05, 4.69) is 5.92 Å². The summed E-state index contributed by atoms with van der Waals surface area (Å²) in [7, 11) is 1.61. The largest absolute Gasteiger partial charge is 0.384 e. The molecule has 15 heavy (non-hydrogen) atoms. The molecule has 1 aromatic rings. The topological polar surface area (TPSA) is 29.5 Å². The summed E-state index contributed by atoms with van der Waals surface area (Å²) in [4.78, 5) is 0. The van der Waals surface area contributed by atoms with Crippen molar-refractivity contribution in [1.82, 2.24) is 0 Å². The summed E-state index contributed by atoms with van der Waals surface area (Å²) >= 11 is 0. The fourth-order valence-electron chi connectivity index (χ4n) is 1.17. The molecule has 0 saturated heterocycles. The van der Waals surface area contributed by atoms with Gasteiger partial charge in [-0.2, -0.15) is 0 Å². The number of rotatable bonds is 4. The molecule has 0 fully saturated rings. The van der Waals surface area contributed by atoms with Gasteiger partial charge in [0.25, 0.3) is 0 Å². The minimum absolute atomic E-state index is 0.500. The minimum atomic E-state index is -0.605. The molecule has 2 heteroatoms. The number of hydrogen-bond donors (Lipinski definition) is 1. The van der Waals surface area contributed by atoms with Crippen LogP contribution in [0, 0.1) is 12.3 Å². The van der Waals surface area contributed by atoms with Crippen LogP contribution >= 0.6 is 0 Å². The molecular weight excluding hydrogens is 188 g/mol. The third kappa shape index (κ3) is 3.59. The Balaban J connectivity index is 2.66. The number of hydrogen-bond acceptors (Lipinski definition) is 2. The van der Waals surface area contributed by atoms with Crippen LogP contribution in [0.15, 0.2) is 36.4 Å². The molecule has 1 aromatic carbocycles. The van der Waals surface area contributed by atoms with Gasteiger partial charge in [-0.15, -0.1) is 6.42 Å². The average Bonchev–Trinajstić information content (AvgIpc) is 2.29. The van der Waals surface area contributed by atoms with Gasteiger partial charge in [0.05, 0.1) is 12.7 Å². The standard InChI is InChI=1S/C13H14O2/c1-3-11-6-8-12(9-7-11)13(14)5-4-10-15-2/h1,4-9,13-14H,10H2,2H3/b5-4+/t13-/m1/s1. The van der Waals surface area contributed by atoms with Crippen molar-refractivity contribution >= 4 is 0 Å². The van der Waals surface area contributed by atoms with E-state index in [4.69, 9.17) is 11.2 Å². The molecule has 0 aromatic heterocycles. The average molecular weight is 202 g/mol. The summed E-state index contributed by atoms with van der Waals surface area (Å²) in [5.74, 6) is 2.53. The van der Waals surface area contributed by atoms with E-state index in [9.17, 15) is 5.11 Å². The van der Waals surface area contributed by atoms with Gasteiger partial charge in [0.2, 0.25) is 0 Å². The van der Waals surface area contributed by atoms with Gasteiger partial charge in [0.1, 0.15) is 0 Å². The molecule has 0 amide bonds. The van der Waals surface area contributed by atoms with Crippen molar-refractivity contribution in [2.75, 3.05) is 13.7 Å². The van der Waals surface area contributed by atoms with Crippen LogP contribution in [0.4, 0.5) is 0 Å². The van der Waals surface area contributed by atoms with Crippen LogP contribution in [-0.4, -0.2) is 18.8 Å². The predicted octanol–water partition coefficient (Wildman–Crippen LogP) is 1.90. The molecule has 0 aliphatic rings. The maximum Gasteiger partial charge on any atom is 0.0972 e. The highest BCUT2D eigenvalue weighted by Crippen LogP contribution is 2.14. The first-order valence-corrected chi connectivity index (χ1v) is 4.68. The molecule has 0 radical (unpaired) electrons. The fraction of sp³-hybridized carbons (Fsp3) is 0.231. The van der Waals surface area contributed by atoms with Crippen molar-refractivity contribution in [2.45, 2.75) is 6.10 Å². The monoisotopic (exact) mass is 202 g/mol. The fourth-order valence-corrected chi connectivity index (χ4v) is 1.17. The lowest BCUT2D eigenvalue weighted by Gasteiger charge is -2.05. The first-order chi connectivity index (χ1) is 7.27. The van der Waals surface area contributed by atoms with E-state index in [1.165, 1.54) is 0 Å². The number of methoxy groups -OCH3 is 1. The normalized spacial score (nSPS) is 12.6. The lowest BCUT2D eigenvalue weighted by Crippen LogP contribution is -1.93. The molecule has 0 aliphatic heterocycles. The second kappa shape index (κ2) is 6.02. The maximum absolute atomic E-state index is 9.72. The predicted molar refractivity (Wildman–Crippen MR) is 60.4 cm³/mol. The Morgan fingerprint density at radius 1 is 1.47 bits per heavy atom. The molecule has 78 valence electrons. The smallest absolute Gasteiger partial charge is 0.0972 e. The van der Waals surface area contributed by atoms with Crippen molar-refractivity contribution < 1.29 is 9.84 Å². The molecule has 0 aliphatic carbocycles. The summed E-state index contributed by atoms with van der Waals surface area (Å²) in [5, 5.41) is 9.72. The molecule has 1 rings (SSSR count). The second-order valence-corrected chi connectivity index (χ2v) is 3.09. The minimum Gasteiger partial charge on any atom is -0.384 e. The molecule has 0 bridgehead atoms. The van der Waals surface area contributed by atoms with Crippen LogP contribution in [0.2, 0.25) is 0 Å². The van der Waals surface area contributed by atoms with Crippen LogP contribution in [0.1, 0.15) is 17.2 Å². The van der Waals surface area contributed by atoms with E-state index in [-0.39, 0.29) is 0 Å². The van der Waals surface area contributed by atoms with Gasteiger partial charge in [0.15, 0.2) is 0 Å². The Bertz CT molecular complexity index is 357. The first kappa shape index (κ1) is 11.5. The van der Waals surface area contributed by atoms with E-state index in [1.807, 2.05) is 24.3 Å². The summed E-state index contributed by atoms with van der Waals surface area (Å²) < 4.78 is 4.84. The lowest BCUT2D eigenvalue weighted by molar-refractivity contribution is 0.218. The Morgan fingerprint density at radius 2 is 2.13 bits per heavy atom. The number of benzene rings is 1. The van der Waals surface area contributed by atoms with Crippen LogP contribution < -0.4 is 0 Å². The van der Waals surface area contributed by atoms with E-state index in [0.29, 0.717) is 6.61 Å². The summed E-state index contributed by atoms with van der Waals surface area (Å²) in [6.07, 6.45) is 8.09. The molecular formula is C13H14O2. The number of ether oxygens (including phenoxy) is 1. The van der Waals surface area contributed by atoms with Gasteiger partial charge in [-0.3, -0.25) is 0 Å². The van der Waals surface area contributed by atoms with Crippen molar-refractivity contribution in [3.63, 3.8) is 0 Å². The van der Waals surface area contributed by atoms with Crippen molar-refractivity contribution in [2.24, 2.45) is 0 Å². The molecule has 2 nitrogen and oxygen atoms in total. The molecule has 1 atom stereocenters. The zero-order valence-electron chi connectivity index (χ0n) is 8.68. The van der Waals surface area contributed by atoms with Gasteiger partial charge in [-0.25, -0.2) is 0 Å². The molecule has 0 saturated carbocycles. The van der Waals surface area contributed by atoms with Crippen LogP contribution in [0.3, 0.4) is 0 Å². The zero-order chi connectivity index (χ0) is 11.1. The van der Waals surface area contributed by atoms with E-state index < -0.39 is 6.10 Å². The highest BCUT2D eigenvalue weighted by molar-refractivity contribution is 5.35. The second-order valence-electron chi connectivity index (χ2n) is 3.09. The van der Waals surface area contributed by atoms with E-state index in [1.54, 1.807) is 19.3 Å². The van der Waals surface area contributed by atoms with Gasteiger partial charge in [0, 0.05) is 12.7 Å². The van der Waals surface area contributed by atoms with Crippen LogP contribution in [-0.2, 0) is 4.74 Å². The summed E-state index contributed by atoms with van der Waals surface area (Å²) in [6, 6.07) is 7.25. The van der Waals surface area contributed by atoms with Crippen LogP contribution in [0.5, 0.6) is 0 Å². The Morgan fingerprint density at radius 3 is 2.67 bits per heavy atom. The van der Waals surface area contributed by atoms with Gasteiger partial charge >= 0.3 is 0 Å². The van der Waals surface area contributed by atoms with Crippen molar-refractivity contribution in [3.8, 4) is 12.3 Å². The summed E-state index contributed by atoms with van der Waals surface area (Å²) in [5.41, 5.74) is 1.63. The summed E-state index contributed by atoms with van der Waals surface area (Å²) in [6.45, 7) is 0.500. The zero-order valence-corrected chi connectivity index (χ0v) is 8.68. The Kier molecular flexibility index (Phi) is 4.62. The van der Waals surface area contributed by atoms with Gasteiger partial charge < -0.3 is 9.84 Å². The lowest BCUT2D eigenvalue weighted by atomic mass is 10.1. The van der Waals surface area contributed by atoms with Crippen molar-refractivity contribution in [3.05, 3.63) is 47.5 Å². The van der Waals surface area contributed by atoms with Crippen molar-refractivity contribution in [1.29, 1.82) is 0 Å². The third-order valence-corrected chi connectivity index (χ3v) is 2.00. The first-order valence-electron chi connectivity index (χ1n) is 4.68. The number of terminal acetylenes is 1. The number of aliphatic hydroxyl groups is 1. The highest BCUT2D eigenvalue weighted by atomic mass is 16.5. The Hall–Kier alpha value is -1.56. The number of aliphatic hydroxyl groups excluding tert-OH is 1. The van der Waals surface area contributed by atoms with E-state index in [0.717, 1.165) is 11.1 Å². The highest BCUT2D eigenvalue weighted by Gasteiger charge is 2.01. The SMILES string of the molecule is C#Cc1ccc([C@H](O)/C=C/COC)cc1. The molecule has 0 unspecified atom stereocenters. The molecule has 0 spiro atoms.